The summed E-state index contributed by atoms with van der Waals surface area (Å²) in [6.07, 6.45) is 6.12. The summed E-state index contributed by atoms with van der Waals surface area (Å²) in [6.45, 7) is 4.31. The largest absolute Gasteiger partial charge is 0.481 e. The minimum absolute atomic E-state index is 0.0352. The van der Waals surface area contributed by atoms with Crippen molar-refractivity contribution in [3.63, 3.8) is 0 Å². The Kier molecular flexibility index (Phi) is 7.59. The summed E-state index contributed by atoms with van der Waals surface area (Å²) in [7, 11) is 0. The van der Waals surface area contributed by atoms with Crippen molar-refractivity contribution in [2.75, 3.05) is 13.2 Å². The van der Waals surface area contributed by atoms with Crippen LogP contribution in [0.1, 0.15) is 52.4 Å². The number of hydrogen-bond acceptors (Lipinski definition) is 3. The topological polar surface area (TPSA) is 75.6 Å². The smallest absolute Gasteiger partial charge is 0.308 e. The van der Waals surface area contributed by atoms with E-state index in [4.69, 9.17) is 9.84 Å². The number of carbonyl (C=O) groups is 2. The van der Waals surface area contributed by atoms with Crippen LogP contribution in [-0.4, -0.2) is 36.2 Å². The molecular formula is C15H27NO4. The molecule has 0 aromatic heterocycles. The van der Waals surface area contributed by atoms with Gasteiger partial charge in [-0.05, 0) is 25.2 Å². The van der Waals surface area contributed by atoms with Gasteiger partial charge in [-0.25, -0.2) is 0 Å². The number of amides is 1. The molecule has 0 aliphatic heterocycles. The lowest BCUT2D eigenvalue weighted by Crippen LogP contribution is -2.37. The van der Waals surface area contributed by atoms with Gasteiger partial charge in [0.25, 0.3) is 0 Å². The summed E-state index contributed by atoms with van der Waals surface area (Å²) in [5.41, 5.74) is 0. The van der Waals surface area contributed by atoms with Gasteiger partial charge in [-0.15, -0.1) is 0 Å². The highest BCUT2D eigenvalue weighted by molar-refractivity contribution is 5.78. The molecule has 0 aromatic carbocycles. The van der Waals surface area contributed by atoms with Gasteiger partial charge in [0.15, 0.2) is 0 Å². The summed E-state index contributed by atoms with van der Waals surface area (Å²) < 4.78 is 5.65. The predicted octanol–water partition coefficient (Wildman–Crippen LogP) is 2.20. The van der Waals surface area contributed by atoms with Crippen molar-refractivity contribution in [1.29, 1.82) is 0 Å². The molecule has 1 rings (SSSR count). The Bertz CT molecular complexity index is 319. The lowest BCUT2D eigenvalue weighted by atomic mass is 9.88. The molecule has 1 saturated carbocycles. The third kappa shape index (κ3) is 5.90. The second-order valence-corrected chi connectivity index (χ2v) is 5.74. The van der Waals surface area contributed by atoms with Crippen LogP contribution in [0.4, 0.5) is 0 Å². The summed E-state index contributed by atoms with van der Waals surface area (Å²) >= 11 is 0. The van der Waals surface area contributed by atoms with Gasteiger partial charge in [0.1, 0.15) is 6.61 Å². The summed E-state index contributed by atoms with van der Waals surface area (Å²) in [5.74, 6) is -1.07. The first-order chi connectivity index (χ1) is 9.54. The number of nitrogens with one attached hydrogen (secondary N) is 1. The molecule has 20 heavy (non-hydrogen) atoms. The maximum absolute atomic E-state index is 11.7. The first kappa shape index (κ1) is 17.0. The maximum atomic E-state index is 11.7. The van der Waals surface area contributed by atoms with E-state index in [9.17, 15) is 9.59 Å². The Hall–Kier alpha value is -1.10. The van der Waals surface area contributed by atoms with E-state index in [2.05, 4.69) is 12.2 Å². The first-order valence-corrected chi connectivity index (χ1v) is 7.65. The normalized spacial score (nSPS) is 24.1. The molecule has 3 atom stereocenters. The van der Waals surface area contributed by atoms with Gasteiger partial charge < -0.3 is 15.2 Å². The molecule has 3 unspecified atom stereocenters. The zero-order chi connectivity index (χ0) is 15.0. The zero-order valence-corrected chi connectivity index (χ0v) is 12.6. The number of ether oxygens (including phenoxy) is 1. The van der Waals surface area contributed by atoms with Crippen LogP contribution in [0.25, 0.3) is 0 Å². The number of hydrogen-bond donors (Lipinski definition) is 2. The van der Waals surface area contributed by atoms with Gasteiger partial charge in [-0.1, -0.05) is 33.1 Å². The second kappa shape index (κ2) is 8.95. The molecule has 0 bridgehead atoms. The quantitative estimate of drug-likeness (QED) is 0.717. The molecule has 5 heteroatoms. The van der Waals surface area contributed by atoms with E-state index in [1.54, 1.807) is 0 Å². The molecule has 1 aliphatic rings. The van der Waals surface area contributed by atoms with Gasteiger partial charge in [-0.2, -0.15) is 0 Å². The first-order valence-electron chi connectivity index (χ1n) is 7.65. The van der Waals surface area contributed by atoms with Crippen LogP contribution < -0.4 is 5.32 Å². The van der Waals surface area contributed by atoms with Gasteiger partial charge in [0.2, 0.25) is 5.91 Å². The Labute approximate surface area is 121 Å². The van der Waals surface area contributed by atoms with E-state index in [0.717, 1.165) is 25.7 Å². The van der Waals surface area contributed by atoms with Crippen molar-refractivity contribution in [3.05, 3.63) is 0 Å². The molecule has 0 heterocycles. The fourth-order valence-corrected chi connectivity index (χ4v) is 2.66. The molecular weight excluding hydrogens is 258 g/mol. The number of aliphatic carboxylic acids is 1. The van der Waals surface area contributed by atoms with Crippen LogP contribution in [0, 0.1) is 11.8 Å². The van der Waals surface area contributed by atoms with E-state index >= 15 is 0 Å². The lowest BCUT2D eigenvalue weighted by Gasteiger charge is -2.28. The number of carboxylic acid groups (broad SMARTS) is 1. The van der Waals surface area contributed by atoms with Gasteiger partial charge >= 0.3 is 5.97 Å². The van der Waals surface area contributed by atoms with Gasteiger partial charge in [0.05, 0.1) is 12.0 Å². The molecule has 1 aliphatic carbocycles. The highest BCUT2D eigenvalue weighted by Crippen LogP contribution is 2.26. The van der Waals surface area contributed by atoms with E-state index in [-0.39, 0.29) is 25.2 Å². The summed E-state index contributed by atoms with van der Waals surface area (Å²) in [6, 6.07) is 0. The van der Waals surface area contributed by atoms with E-state index in [1.165, 1.54) is 6.42 Å². The minimum Gasteiger partial charge on any atom is -0.481 e. The SMILES string of the molecule is CCCC(CNC(=O)COC1CCCCC1C)C(=O)O. The van der Waals surface area contributed by atoms with Crippen molar-refractivity contribution in [1.82, 2.24) is 5.32 Å². The fraction of sp³-hybridized carbons (Fsp3) is 0.867. The number of rotatable bonds is 8. The third-order valence-electron chi connectivity index (χ3n) is 3.99. The summed E-state index contributed by atoms with van der Waals surface area (Å²) in [5, 5.41) is 11.7. The van der Waals surface area contributed by atoms with Crippen molar-refractivity contribution in [3.8, 4) is 0 Å². The highest BCUT2D eigenvalue weighted by atomic mass is 16.5. The van der Waals surface area contributed by atoms with Crippen LogP contribution >= 0.6 is 0 Å². The average molecular weight is 285 g/mol. The second-order valence-electron chi connectivity index (χ2n) is 5.74. The molecule has 0 radical (unpaired) electrons. The Morgan fingerprint density at radius 2 is 2.05 bits per heavy atom. The molecule has 0 aromatic rings. The maximum Gasteiger partial charge on any atom is 0.308 e. The molecule has 5 nitrogen and oxygen atoms in total. The minimum atomic E-state index is -0.853. The summed E-state index contributed by atoms with van der Waals surface area (Å²) in [4.78, 5) is 22.7. The molecule has 1 amide bonds. The number of carboxylic acids is 1. The molecule has 1 fully saturated rings. The fourth-order valence-electron chi connectivity index (χ4n) is 2.66. The Balaban J connectivity index is 2.23. The molecule has 0 saturated heterocycles. The predicted molar refractivity (Wildman–Crippen MR) is 76.4 cm³/mol. The van der Waals surface area contributed by atoms with Crippen molar-refractivity contribution in [2.24, 2.45) is 11.8 Å². The van der Waals surface area contributed by atoms with Gasteiger partial charge in [0, 0.05) is 6.54 Å². The zero-order valence-electron chi connectivity index (χ0n) is 12.6. The van der Waals surface area contributed by atoms with Crippen molar-refractivity contribution < 1.29 is 19.4 Å². The van der Waals surface area contributed by atoms with Crippen molar-refractivity contribution in [2.45, 2.75) is 58.5 Å². The average Bonchev–Trinajstić information content (AvgIpc) is 2.42. The Morgan fingerprint density at radius 3 is 2.65 bits per heavy atom. The van der Waals surface area contributed by atoms with Crippen molar-refractivity contribution >= 4 is 11.9 Å². The van der Waals surface area contributed by atoms with Crippen LogP contribution in [0.15, 0.2) is 0 Å². The van der Waals surface area contributed by atoms with Crippen LogP contribution in [0.5, 0.6) is 0 Å². The Morgan fingerprint density at radius 1 is 1.35 bits per heavy atom. The molecule has 0 spiro atoms. The van der Waals surface area contributed by atoms with E-state index in [1.807, 2.05) is 6.92 Å². The van der Waals surface area contributed by atoms with Crippen LogP contribution in [0.3, 0.4) is 0 Å². The molecule has 2 N–H and O–H groups in total. The highest BCUT2D eigenvalue weighted by Gasteiger charge is 2.23. The standard InChI is InChI=1S/C15H27NO4/c1-3-6-12(15(18)19)9-16-14(17)10-20-13-8-5-4-7-11(13)2/h11-13H,3-10H2,1-2H3,(H,16,17)(H,18,19). The third-order valence-corrected chi connectivity index (χ3v) is 3.99. The van der Waals surface area contributed by atoms with E-state index < -0.39 is 11.9 Å². The molecule has 116 valence electrons. The van der Waals surface area contributed by atoms with E-state index in [0.29, 0.717) is 12.3 Å². The lowest BCUT2D eigenvalue weighted by molar-refractivity contribution is -0.142. The van der Waals surface area contributed by atoms with Crippen LogP contribution in [0.2, 0.25) is 0 Å². The monoisotopic (exact) mass is 285 g/mol. The van der Waals surface area contributed by atoms with Gasteiger partial charge in [-0.3, -0.25) is 9.59 Å². The van der Waals surface area contributed by atoms with Crippen LogP contribution in [-0.2, 0) is 14.3 Å². The number of carbonyl (C=O) groups excluding carboxylic acids is 1.